The molecular weight excluding hydrogens is 564 g/mol. The van der Waals surface area contributed by atoms with Gasteiger partial charge in [-0.2, -0.15) is 0 Å². The van der Waals surface area contributed by atoms with Crippen LogP contribution in [-0.4, -0.2) is 37.2 Å². The van der Waals surface area contributed by atoms with E-state index in [1.54, 1.807) is 0 Å². The average Bonchev–Trinajstić information content (AvgIpc) is 2.99. The Morgan fingerprint density at radius 1 is 0.422 bits per heavy atom. The average molecular weight is 639 g/mol. The molecule has 0 aromatic heterocycles. The fraction of sp³-hybridized carbons (Fsp3) is 0.923. The van der Waals surface area contributed by atoms with E-state index in [4.69, 9.17) is 14.2 Å². The van der Waals surface area contributed by atoms with Crippen LogP contribution in [0.3, 0.4) is 0 Å². The lowest BCUT2D eigenvalue weighted by atomic mass is 10.0. The lowest BCUT2D eigenvalue weighted by Crippen LogP contribution is -2.30. The van der Waals surface area contributed by atoms with Gasteiger partial charge in [0.05, 0.1) is 0 Å². The number of carbonyl (C=O) groups excluding carboxylic acids is 3. The molecule has 0 saturated carbocycles. The molecule has 0 aliphatic carbocycles. The summed E-state index contributed by atoms with van der Waals surface area (Å²) in [6, 6.07) is 0. The van der Waals surface area contributed by atoms with Crippen LogP contribution in [0.5, 0.6) is 0 Å². The quantitative estimate of drug-likeness (QED) is 0.0404. The molecule has 1 atom stereocenters. The van der Waals surface area contributed by atoms with Gasteiger partial charge in [-0.15, -0.1) is 0 Å². The van der Waals surface area contributed by atoms with Crippen molar-refractivity contribution in [3.63, 3.8) is 0 Å². The smallest absolute Gasteiger partial charge is 0.306 e. The highest BCUT2D eigenvalue weighted by Crippen LogP contribution is 2.15. The van der Waals surface area contributed by atoms with Crippen molar-refractivity contribution < 1.29 is 28.6 Å². The van der Waals surface area contributed by atoms with Gasteiger partial charge in [0.15, 0.2) is 6.10 Å². The number of hydrogen-bond donors (Lipinski definition) is 0. The maximum absolute atomic E-state index is 12.5. The molecule has 0 fully saturated rings. The Labute approximate surface area is 278 Å². The third-order valence-electron chi connectivity index (χ3n) is 8.47. The van der Waals surface area contributed by atoms with Crippen LogP contribution in [0.2, 0.25) is 0 Å². The van der Waals surface area contributed by atoms with Gasteiger partial charge in [-0.3, -0.25) is 14.4 Å². The highest BCUT2D eigenvalue weighted by atomic mass is 16.6. The van der Waals surface area contributed by atoms with Gasteiger partial charge in [0.2, 0.25) is 0 Å². The molecule has 0 bridgehead atoms. The van der Waals surface area contributed by atoms with Crippen molar-refractivity contribution in [1.29, 1.82) is 0 Å². The summed E-state index contributed by atoms with van der Waals surface area (Å²) < 4.78 is 16.5. The molecule has 0 aromatic rings. The molecule has 45 heavy (non-hydrogen) atoms. The molecular formula is C39H74O6. The number of rotatable bonds is 33. The molecule has 0 rings (SSSR count). The largest absolute Gasteiger partial charge is 0.462 e. The minimum absolute atomic E-state index is 0.0679. The van der Waals surface area contributed by atoms with E-state index in [1.165, 1.54) is 83.5 Å². The topological polar surface area (TPSA) is 78.9 Å². The van der Waals surface area contributed by atoms with Gasteiger partial charge in [-0.1, -0.05) is 163 Å². The predicted octanol–water partition coefficient (Wildman–Crippen LogP) is 11.5. The summed E-state index contributed by atoms with van der Waals surface area (Å²) in [6.45, 7) is 11.1. The first-order valence-corrected chi connectivity index (χ1v) is 19.2. The number of carbonyl (C=O) groups is 3. The number of ether oxygens (including phenoxy) is 3. The first kappa shape index (κ1) is 43.4. The van der Waals surface area contributed by atoms with Crippen molar-refractivity contribution in [2.24, 2.45) is 11.8 Å². The highest BCUT2D eigenvalue weighted by Gasteiger charge is 2.19. The zero-order valence-corrected chi connectivity index (χ0v) is 30.5. The number of hydrogen-bond acceptors (Lipinski definition) is 6. The second-order valence-corrected chi connectivity index (χ2v) is 14.2. The van der Waals surface area contributed by atoms with Crippen molar-refractivity contribution in [1.82, 2.24) is 0 Å². The van der Waals surface area contributed by atoms with Crippen molar-refractivity contribution in [2.75, 3.05) is 13.2 Å². The first-order chi connectivity index (χ1) is 21.7. The second kappa shape index (κ2) is 32.4. The molecule has 0 amide bonds. The molecule has 0 aliphatic heterocycles. The fourth-order valence-corrected chi connectivity index (χ4v) is 5.52. The molecule has 6 heteroatoms. The number of unbranched alkanes of at least 4 members (excludes halogenated alkanes) is 18. The van der Waals surface area contributed by atoms with Gasteiger partial charge < -0.3 is 14.2 Å². The summed E-state index contributed by atoms with van der Waals surface area (Å²) in [4.78, 5) is 37.2. The van der Waals surface area contributed by atoms with Crippen molar-refractivity contribution in [3.05, 3.63) is 0 Å². The van der Waals surface area contributed by atoms with Gasteiger partial charge in [-0.05, 0) is 31.1 Å². The third-order valence-corrected chi connectivity index (χ3v) is 8.47. The molecule has 0 aromatic carbocycles. The van der Waals surface area contributed by atoms with Crippen LogP contribution in [-0.2, 0) is 28.6 Å². The van der Waals surface area contributed by atoms with Crippen LogP contribution in [0.1, 0.15) is 202 Å². The Morgan fingerprint density at radius 3 is 1.09 bits per heavy atom. The molecule has 0 spiro atoms. The standard InChI is InChI=1S/C39H74O6/c1-6-7-8-17-24-29-37(40)43-32-36(45-39(42)31-26-21-16-12-14-19-23-28-35(4)5)33-44-38(41)30-25-20-15-11-9-10-13-18-22-27-34(2)3/h34-36H,6-33H2,1-5H3/t36-/m0/s1. The lowest BCUT2D eigenvalue weighted by Gasteiger charge is -2.18. The fourth-order valence-electron chi connectivity index (χ4n) is 5.52. The highest BCUT2D eigenvalue weighted by molar-refractivity contribution is 5.71. The van der Waals surface area contributed by atoms with Crippen molar-refractivity contribution in [2.45, 2.75) is 208 Å². The number of esters is 3. The van der Waals surface area contributed by atoms with E-state index >= 15 is 0 Å². The first-order valence-electron chi connectivity index (χ1n) is 19.2. The maximum atomic E-state index is 12.5. The second-order valence-electron chi connectivity index (χ2n) is 14.2. The van der Waals surface area contributed by atoms with E-state index < -0.39 is 6.10 Å². The van der Waals surface area contributed by atoms with Gasteiger partial charge in [0.25, 0.3) is 0 Å². The monoisotopic (exact) mass is 639 g/mol. The van der Waals surface area contributed by atoms with Crippen LogP contribution >= 0.6 is 0 Å². The zero-order valence-electron chi connectivity index (χ0n) is 30.5. The van der Waals surface area contributed by atoms with Gasteiger partial charge >= 0.3 is 17.9 Å². The van der Waals surface area contributed by atoms with E-state index in [0.717, 1.165) is 76.0 Å². The zero-order chi connectivity index (χ0) is 33.4. The van der Waals surface area contributed by atoms with Gasteiger partial charge in [-0.25, -0.2) is 0 Å². The summed E-state index contributed by atoms with van der Waals surface area (Å²) >= 11 is 0. The van der Waals surface area contributed by atoms with Gasteiger partial charge in [0.1, 0.15) is 13.2 Å². The normalized spacial score (nSPS) is 12.1. The molecule has 266 valence electrons. The van der Waals surface area contributed by atoms with Crippen LogP contribution in [0, 0.1) is 11.8 Å². The van der Waals surface area contributed by atoms with Crippen LogP contribution < -0.4 is 0 Å². The molecule has 0 N–H and O–H groups in total. The SMILES string of the molecule is CCCCCCCC(=O)OC[C@@H](COC(=O)CCCCCCCCCCCC(C)C)OC(=O)CCCCCCCCCC(C)C. The Bertz CT molecular complexity index is 689. The molecule has 0 unspecified atom stereocenters. The predicted molar refractivity (Wildman–Crippen MR) is 187 cm³/mol. The summed E-state index contributed by atoms with van der Waals surface area (Å²) in [5.74, 6) is 0.702. The van der Waals surface area contributed by atoms with Crippen LogP contribution in [0.15, 0.2) is 0 Å². The Kier molecular flexibility index (Phi) is 31.2. The Morgan fingerprint density at radius 2 is 0.733 bits per heavy atom. The Hall–Kier alpha value is -1.59. The van der Waals surface area contributed by atoms with E-state index in [2.05, 4.69) is 34.6 Å². The van der Waals surface area contributed by atoms with E-state index in [9.17, 15) is 14.4 Å². The van der Waals surface area contributed by atoms with Crippen LogP contribution in [0.4, 0.5) is 0 Å². The summed E-state index contributed by atoms with van der Waals surface area (Å²) in [5.41, 5.74) is 0. The summed E-state index contributed by atoms with van der Waals surface area (Å²) in [7, 11) is 0. The van der Waals surface area contributed by atoms with E-state index in [0.29, 0.717) is 19.3 Å². The summed E-state index contributed by atoms with van der Waals surface area (Å²) in [5, 5.41) is 0. The minimum Gasteiger partial charge on any atom is -0.462 e. The van der Waals surface area contributed by atoms with Crippen molar-refractivity contribution in [3.8, 4) is 0 Å². The molecule has 0 aliphatic rings. The maximum Gasteiger partial charge on any atom is 0.306 e. The molecule has 0 heterocycles. The van der Waals surface area contributed by atoms with Gasteiger partial charge in [0, 0.05) is 19.3 Å². The van der Waals surface area contributed by atoms with E-state index in [1.807, 2.05) is 0 Å². The molecule has 0 radical (unpaired) electrons. The van der Waals surface area contributed by atoms with Crippen molar-refractivity contribution >= 4 is 17.9 Å². The molecule has 6 nitrogen and oxygen atoms in total. The minimum atomic E-state index is -0.757. The Balaban J connectivity index is 4.28. The molecule has 0 saturated heterocycles. The third kappa shape index (κ3) is 33.6. The van der Waals surface area contributed by atoms with Crippen LogP contribution in [0.25, 0.3) is 0 Å². The lowest BCUT2D eigenvalue weighted by molar-refractivity contribution is -0.167. The summed E-state index contributed by atoms with van der Waals surface area (Å²) in [6.07, 6.45) is 27.0. The van der Waals surface area contributed by atoms with E-state index in [-0.39, 0.29) is 31.1 Å².